The third-order valence-corrected chi connectivity index (χ3v) is 5.90. The lowest BCUT2D eigenvalue weighted by atomic mass is 9.90. The minimum Gasteiger partial charge on any atom is -0.481 e. The summed E-state index contributed by atoms with van der Waals surface area (Å²) >= 11 is 0. The summed E-state index contributed by atoms with van der Waals surface area (Å²) < 4.78 is 25.3. The van der Waals surface area contributed by atoms with Gasteiger partial charge in [0.2, 0.25) is 10.0 Å². The predicted molar refractivity (Wildman–Crippen MR) is 93.0 cm³/mol. The van der Waals surface area contributed by atoms with E-state index >= 15 is 0 Å². The van der Waals surface area contributed by atoms with E-state index in [2.05, 4.69) is 4.72 Å². The van der Waals surface area contributed by atoms with Crippen molar-refractivity contribution in [1.82, 2.24) is 4.90 Å². The van der Waals surface area contributed by atoms with Crippen LogP contribution in [0.1, 0.15) is 35.2 Å². The lowest BCUT2D eigenvalue weighted by Gasteiger charge is -2.32. The Kier molecular flexibility index (Phi) is 4.26. The molecule has 1 aliphatic carbocycles. The van der Waals surface area contributed by atoms with Gasteiger partial charge in [-0.25, -0.2) is 8.42 Å². The van der Waals surface area contributed by atoms with Gasteiger partial charge in [0.25, 0.3) is 5.91 Å². The molecule has 1 aliphatic heterocycles. The first-order valence-electron chi connectivity index (χ1n) is 8.22. The molecule has 1 saturated carbocycles. The van der Waals surface area contributed by atoms with Crippen LogP contribution in [0.5, 0.6) is 0 Å². The van der Waals surface area contributed by atoms with Crippen molar-refractivity contribution in [2.24, 2.45) is 11.3 Å². The quantitative estimate of drug-likeness (QED) is 0.844. The third kappa shape index (κ3) is 3.63. The van der Waals surface area contributed by atoms with Crippen LogP contribution in [0.25, 0.3) is 0 Å². The van der Waals surface area contributed by atoms with E-state index in [0.29, 0.717) is 43.6 Å². The number of carboxylic acids is 1. The number of nitrogens with zero attached hydrogens (tertiary/aromatic N) is 1. The van der Waals surface area contributed by atoms with Gasteiger partial charge in [-0.1, -0.05) is 6.07 Å². The van der Waals surface area contributed by atoms with Gasteiger partial charge in [-0.15, -0.1) is 0 Å². The van der Waals surface area contributed by atoms with Gasteiger partial charge in [0, 0.05) is 18.7 Å². The zero-order valence-corrected chi connectivity index (χ0v) is 15.1. The Morgan fingerprint density at radius 3 is 2.44 bits per heavy atom. The average Bonchev–Trinajstić information content (AvgIpc) is 3.22. The summed E-state index contributed by atoms with van der Waals surface area (Å²) in [6, 6.07) is 4.96. The molecule has 136 valence electrons. The summed E-state index contributed by atoms with van der Waals surface area (Å²) in [5.74, 6) is -1.16. The van der Waals surface area contributed by atoms with Crippen molar-refractivity contribution in [3.05, 3.63) is 29.3 Å². The highest BCUT2D eigenvalue weighted by atomic mass is 32.2. The molecule has 1 aromatic carbocycles. The highest BCUT2D eigenvalue weighted by Gasteiger charge is 2.59. The maximum absolute atomic E-state index is 12.7. The molecule has 2 aliphatic rings. The molecule has 1 saturated heterocycles. The molecule has 8 heteroatoms. The Bertz CT molecular complexity index is 825. The van der Waals surface area contributed by atoms with Gasteiger partial charge in [0.05, 0.1) is 17.9 Å². The van der Waals surface area contributed by atoms with Crippen molar-refractivity contribution < 1.29 is 23.1 Å². The monoisotopic (exact) mass is 366 g/mol. The second kappa shape index (κ2) is 6.01. The molecule has 0 bridgehead atoms. The zero-order chi connectivity index (χ0) is 18.4. The molecule has 1 aromatic rings. The van der Waals surface area contributed by atoms with Crippen LogP contribution < -0.4 is 4.72 Å². The van der Waals surface area contributed by atoms with Gasteiger partial charge in [0.1, 0.15) is 0 Å². The number of hydrogen-bond donors (Lipinski definition) is 2. The highest BCUT2D eigenvalue weighted by Crippen LogP contribution is 2.59. The third-order valence-electron chi connectivity index (χ3n) is 5.31. The Labute approximate surface area is 147 Å². The molecule has 0 aromatic heterocycles. The summed E-state index contributed by atoms with van der Waals surface area (Å²) in [6.07, 6.45) is 3.18. The fourth-order valence-electron chi connectivity index (χ4n) is 3.65. The second-order valence-electron chi connectivity index (χ2n) is 7.15. The number of carbonyl (C=O) groups is 2. The van der Waals surface area contributed by atoms with Crippen molar-refractivity contribution in [3.63, 3.8) is 0 Å². The van der Waals surface area contributed by atoms with E-state index in [1.807, 2.05) is 0 Å². The number of aryl methyl sites for hydroxylation is 1. The molecule has 1 unspecified atom stereocenters. The van der Waals surface area contributed by atoms with E-state index in [-0.39, 0.29) is 17.2 Å². The molecule has 1 spiro atoms. The Hall–Kier alpha value is -2.09. The molecule has 25 heavy (non-hydrogen) atoms. The van der Waals surface area contributed by atoms with Gasteiger partial charge in [0.15, 0.2) is 0 Å². The molecule has 2 N–H and O–H groups in total. The number of anilines is 1. The standard InChI is InChI=1S/C17H22N2O5S/c1-11-3-4-12(9-14(11)18-25(2,23)24)15(20)19-7-5-17(6-8-19)10-13(17)16(21)22/h3-4,9,13,18H,5-8,10H2,1-2H3,(H,21,22). The van der Waals surface area contributed by atoms with Crippen LogP contribution >= 0.6 is 0 Å². The number of benzene rings is 1. The first-order valence-corrected chi connectivity index (χ1v) is 10.1. The molecule has 3 rings (SSSR count). The maximum Gasteiger partial charge on any atom is 0.307 e. The molecule has 1 amide bonds. The van der Waals surface area contributed by atoms with Crippen LogP contribution in [0.15, 0.2) is 18.2 Å². The number of carboxylic acid groups (broad SMARTS) is 1. The van der Waals surface area contributed by atoms with Crippen LogP contribution in [0, 0.1) is 18.3 Å². The fourth-order valence-corrected chi connectivity index (χ4v) is 4.27. The molecule has 1 atom stereocenters. The van der Waals surface area contributed by atoms with Crippen molar-refractivity contribution in [3.8, 4) is 0 Å². The van der Waals surface area contributed by atoms with Crippen molar-refractivity contribution in [1.29, 1.82) is 0 Å². The normalized spacial score (nSPS) is 21.8. The summed E-state index contributed by atoms with van der Waals surface area (Å²) in [6.45, 7) is 2.84. The number of likely N-dealkylation sites (tertiary alicyclic amines) is 1. The summed E-state index contributed by atoms with van der Waals surface area (Å²) in [4.78, 5) is 25.5. The number of carbonyl (C=O) groups excluding carboxylic acids is 1. The number of aliphatic carboxylic acids is 1. The summed E-state index contributed by atoms with van der Waals surface area (Å²) in [7, 11) is -3.42. The van der Waals surface area contributed by atoms with Gasteiger partial charge >= 0.3 is 5.97 Å². The fraction of sp³-hybridized carbons (Fsp3) is 0.529. The molecule has 7 nitrogen and oxygen atoms in total. The van der Waals surface area contributed by atoms with Crippen LogP contribution in [0.4, 0.5) is 5.69 Å². The first kappa shape index (κ1) is 17.7. The lowest BCUT2D eigenvalue weighted by molar-refractivity contribution is -0.139. The average molecular weight is 366 g/mol. The van der Waals surface area contributed by atoms with Gasteiger partial charge in [-0.3, -0.25) is 14.3 Å². The largest absolute Gasteiger partial charge is 0.481 e. The van der Waals surface area contributed by atoms with Crippen molar-refractivity contribution >= 4 is 27.6 Å². The van der Waals surface area contributed by atoms with Crippen molar-refractivity contribution in [2.45, 2.75) is 26.2 Å². The Morgan fingerprint density at radius 2 is 1.92 bits per heavy atom. The van der Waals surface area contributed by atoms with E-state index in [1.54, 1.807) is 30.0 Å². The minimum absolute atomic E-state index is 0.126. The first-order chi connectivity index (χ1) is 11.6. The van der Waals surface area contributed by atoms with E-state index in [0.717, 1.165) is 11.8 Å². The topological polar surface area (TPSA) is 104 Å². The summed E-state index contributed by atoms with van der Waals surface area (Å²) in [5.41, 5.74) is 1.44. The van der Waals surface area contributed by atoms with Gasteiger partial charge < -0.3 is 10.0 Å². The number of piperidine rings is 1. The number of nitrogens with one attached hydrogen (secondary N) is 1. The molecular weight excluding hydrogens is 344 g/mol. The Balaban J connectivity index is 1.70. The number of rotatable bonds is 4. The SMILES string of the molecule is Cc1ccc(C(=O)N2CCC3(CC2)CC3C(=O)O)cc1NS(C)(=O)=O. The number of hydrogen-bond acceptors (Lipinski definition) is 4. The lowest BCUT2D eigenvalue weighted by Crippen LogP contribution is -2.40. The number of sulfonamides is 1. The van der Waals surface area contributed by atoms with Crippen LogP contribution in [0.3, 0.4) is 0 Å². The molecular formula is C17H22N2O5S. The predicted octanol–water partition coefficient (Wildman–Crippen LogP) is 1.69. The van der Waals surface area contributed by atoms with Crippen molar-refractivity contribution in [2.75, 3.05) is 24.1 Å². The van der Waals surface area contributed by atoms with E-state index in [1.165, 1.54) is 0 Å². The molecule has 0 radical (unpaired) electrons. The van der Waals surface area contributed by atoms with E-state index in [4.69, 9.17) is 5.11 Å². The Morgan fingerprint density at radius 1 is 1.28 bits per heavy atom. The number of amides is 1. The minimum atomic E-state index is -3.42. The van der Waals surface area contributed by atoms with Crippen LogP contribution in [-0.2, 0) is 14.8 Å². The van der Waals surface area contributed by atoms with Crippen LogP contribution in [0.2, 0.25) is 0 Å². The van der Waals surface area contributed by atoms with E-state index < -0.39 is 16.0 Å². The zero-order valence-electron chi connectivity index (χ0n) is 14.3. The molecule has 2 fully saturated rings. The van der Waals surface area contributed by atoms with Crippen LogP contribution in [-0.4, -0.2) is 49.6 Å². The van der Waals surface area contributed by atoms with Gasteiger partial charge in [-0.2, -0.15) is 0 Å². The highest BCUT2D eigenvalue weighted by molar-refractivity contribution is 7.92. The van der Waals surface area contributed by atoms with E-state index in [9.17, 15) is 18.0 Å². The maximum atomic E-state index is 12.7. The smallest absolute Gasteiger partial charge is 0.307 e. The second-order valence-corrected chi connectivity index (χ2v) is 8.90. The molecule has 1 heterocycles. The van der Waals surface area contributed by atoms with Gasteiger partial charge in [-0.05, 0) is 49.3 Å². The summed E-state index contributed by atoms with van der Waals surface area (Å²) in [5, 5.41) is 9.14.